The molecule has 0 unspecified atom stereocenters. The molecule has 3 nitrogen and oxygen atoms in total. The van der Waals surface area contributed by atoms with Gasteiger partial charge in [0.2, 0.25) is 5.91 Å². The van der Waals surface area contributed by atoms with Crippen molar-refractivity contribution in [2.24, 2.45) is 5.92 Å². The van der Waals surface area contributed by atoms with Crippen LogP contribution in [-0.4, -0.2) is 23.9 Å². The molecule has 1 fully saturated rings. The average molecular weight is 340 g/mol. The van der Waals surface area contributed by atoms with Crippen molar-refractivity contribution in [3.05, 3.63) is 57.8 Å². The number of carbonyl (C=O) groups is 1. The van der Waals surface area contributed by atoms with E-state index in [1.165, 1.54) is 23.3 Å². The first-order valence-corrected chi connectivity index (χ1v) is 9.75. The molecule has 126 valence electrons. The molecule has 0 radical (unpaired) electrons. The molecule has 1 aliphatic carbocycles. The molecule has 2 atom stereocenters. The van der Waals surface area contributed by atoms with Gasteiger partial charge in [0.05, 0.1) is 12.6 Å². The Morgan fingerprint density at radius 2 is 2.08 bits per heavy atom. The smallest absolute Gasteiger partial charge is 0.234 e. The molecule has 0 spiro atoms. The minimum Gasteiger partial charge on any atom is -0.348 e. The molecule has 2 aromatic rings. The lowest BCUT2D eigenvalue weighted by Gasteiger charge is -2.36. The van der Waals surface area contributed by atoms with Crippen molar-refractivity contribution >= 4 is 17.2 Å². The van der Waals surface area contributed by atoms with Gasteiger partial charge >= 0.3 is 0 Å². The first kappa shape index (κ1) is 15.9. The van der Waals surface area contributed by atoms with Crippen molar-refractivity contribution in [1.29, 1.82) is 0 Å². The summed E-state index contributed by atoms with van der Waals surface area (Å²) in [6, 6.07) is 13.0. The van der Waals surface area contributed by atoms with Gasteiger partial charge in [-0.2, -0.15) is 0 Å². The molecular weight excluding hydrogens is 316 g/mol. The lowest BCUT2D eigenvalue weighted by molar-refractivity contribution is -0.123. The van der Waals surface area contributed by atoms with Gasteiger partial charge in [-0.25, -0.2) is 0 Å². The van der Waals surface area contributed by atoms with E-state index in [0.717, 1.165) is 24.4 Å². The van der Waals surface area contributed by atoms with Crippen LogP contribution >= 0.6 is 11.3 Å². The SMILES string of the molecule is C[C@H](NC(=O)CN1CCc2sccc2[C@@H]1C1CC1)c1ccccc1. The third kappa shape index (κ3) is 3.26. The first-order valence-electron chi connectivity index (χ1n) is 8.87. The van der Waals surface area contributed by atoms with Gasteiger partial charge < -0.3 is 5.32 Å². The maximum Gasteiger partial charge on any atom is 0.234 e. The van der Waals surface area contributed by atoms with Gasteiger partial charge in [-0.15, -0.1) is 11.3 Å². The first-order chi connectivity index (χ1) is 11.7. The molecule has 1 saturated carbocycles. The van der Waals surface area contributed by atoms with Crippen molar-refractivity contribution < 1.29 is 4.79 Å². The number of benzene rings is 1. The highest BCUT2D eigenvalue weighted by molar-refractivity contribution is 7.10. The highest BCUT2D eigenvalue weighted by atomic mass is 32.1. The van der Waals surface area contributed by atoms with Crippen molar-refractivity contribution in [2.45, 2.75) is 38.3 Å². The number of nitrogens with zero attached hydrogens (tertiary/aromatic N) is 1. The molecule has 1 aromatic carbocycles. The summed E-state index contributed by atoms with van der Waals surface area (Å²) in [5, 5.41) is 5.37. The van der Waals surface area contributed by atoms with E-state index in [-0.39, 0.29) is 11.9 Å². The standard InChI is InChI=1S/C20H24N2OS/c1-14(15-5-3-2-4-6-15)21-19(23)13-22-11-9-18-17(10-12-24-18)20(22)16-7-8-16/h2-6,10,12,14,16,20H,7-9,11,13H2,1H3,(H,21,23)/t14-,20-/m0/s1. The summed E-state index contributed by atoms with van der Waals surface area (Å²) in [6.07, 6.45) is 3.69. The third-order valence-corrected chi connectivity index (χ3v) is 6.21. The second kappa shape index (κ2) is 6.69. The van der Waals surface area contributed by atoms with Crippen LogP contribution in [0.15, 0.2) is 41.8 Å². The largest absolute Gasteiger partial charge is 0.348 e. The van der Waals surface area contributed by atoms with E-state index in [2.05, 4.69) is 40.7 Å². The Bertz CT molecular complexity index is 707. The molecule has 1 amide bonds. The van der Waals surface area contributed by atoms with Gasteiger partial charge in [0.1, 0.15) is 0 Å². The lowest BCUT2D eigenvalue weighted by atomic mass is 9.96. The summed E-state index contributed by atoms with van der Waals surface area (Å²) >= 11 is 1.88. The fraction of sp³-hybridized carbons (Fsp3) is 0.450. The monoisotopic (exact) mass is 340 g/mol. The zero-order valence-electron chi connectivity index (χ0n) is 14.1. The predicted molar refractivity (Wildman–Crippen MR) is 98.1 cm³/mol. The van der Waals surface area contributed by atoms with Gasteiger partial charge in [-0.3, -0.25) is 9.69 Å². The molecule has 24 heavy (non-hydrogen) atoms. The molecule has 4 rings (SSSR count). The molecule has 0 bridgehead atoms. The minimum atomic E-state index is 0.0552. The Kier molecular flexibility index (Phi) is 4.42. The molecule has 1 aromatic heterocycles. The number of hydrogen-bond acceptors (Lipinski definition) is 3. The van der Waals surface area contributed by atoms with E-state index in [4.69, 9.17) is 0 Å². The highest BCUT2D eigenvalue weighted by Crippen LogP contribution is 2.48. The van der Waals surface area contributed by atoms with Crippen molar-refractivity contribution in [1.82, 2.24) is 10.2 Å². The maximum atomic E-state index is 12.6. The Morgan fingerprint density at radius 1 is 1.29 bits per heavy atom. The third-order valence-electron chi connectivity index (χ3n) is 5.21. The van der Waals surface area contributed by atoms with Gasteiger partial charge in [0, 0.05) is 17.5 Å². The number of hydrogen-bond donors (Lipinski definition) is 1. The summed E-state index contributed by atoms with van der Waals surface area (Å²) < 4.78 is 0. The van der Waals surface area contributed by atoms with Crippen LogP contribution in [0.4, 0.5) is 0 Å². The maximum absolute atomic E-state index is 12.6. The summed E-state index contributed by atoms with van der Waals surface area (Å²) in [5.74, 6) is 0.883. The number of nitrogens with one attached hydrogen (secondary N) is 1. The summed E-state index contributed by atoms with van der Waals surface area (Å²) in [7, 11) is 0. The number of carbonyl (C=O) groups excluding carboxylic acids is 1. The van der Waals surface area contributed by atoms with Crippen LogP contribution in [0.1, 0.15) is 47.9 Å². The van der Waals surface area contributed by atoms with E-state index in [0.29, 0.717) is 12.6 Å². The Balaban J connectivity index is 1.42. The fourth-order valence-corrected chi connectivity index (χ4v) is 4.75. The summed E-state index contributed by atoms with van der Waals surface area (Å²) in [6.45, 7) is 3.56. The Morgan fingerprint density at radius 3 is 2.83 bits per heavy atom. The van der Waals surface area contributed by atoms with Crippen LogP contribution in [0.25, 0.3) is 0 Å². The van der Waals surface area contributed by atoms with Crippen molar-refractivity contribution in [3.8, 4) is 0 Å². The van der Waals surface area contributed by atoms with Crippen LogP contribution in [-0.2, 0) is 11.2 Å². The number of fused-ring (bicyclic) bond motifs is 1. The van der Waals surface area contributed by atoms with Gasteiger partial charge in [-0.1, -0.05) is 30.3 Å². The normalized spacial score (nSPS) is 22.0. The lowest BCUT2D eigenvalue weighted by Crippen LogP contribution is -2.43. The van der Waals surface area contributed by atoms with Gasteiger partial charge in [0.15, 0.2) is 0 Å². The molecule has 4 heteroatoms. The predicted octanol–water partition coefficient (Wildman–Crippen LogP) is 3.93. The average Bonchev–Trinajstić information content (AvgIpc) is 3.31. The summed E-state index contributed by atoms with van der Waals surface area (Å²) in [4.78, 5) is 16.5. The number of rotatable bonds is 5. The number of thiophene rings is 1. The fourth-order valence-electron chi connectivity index (χ4n) is 3.84. The topological polar surface area (TPSA) is 32.3 Å². The second-order valence-corrected chi connectivity index (χ2v) is 8.00. The van der Waals surface area contributed by atoms with Crippen LogP contribution in [0.2, 0.25) is 0 Å². The van der Waals surface area contributed by atoms with Crippen LogP contribution in [0.3, 0.4) is 0 Å². The van der Waals surface area contributed by atoms with Gasteiger partial charge in [0.25, 0.3) is 0 Å². The van der Waals surface area contributed by atoms with Crippen LogP contribution in [0.5, 0.6) is 0 Å². The molecule has 2 heterocycles. The quantitative estimate of drug-likeness (QED) is 0.894. The van der Waals surface area contributed by atoms with E-state index in [9.17, 15) is 4.79 Å². The minimum absolute atomic E-state index is 0.0552. The summed E-state index contributed by atoms with van der Waals surface area (Å²) in [5.41, 5.74) is 2.64. The molecule has 1 aliphatic heterocycles. The van der Waals surface area contributed by atoms with Crippen LogP contribution < -0.4 is 5.32 Å². The van der Waals surface area contributed by atoms with Crippen molar-refractivity contribution in [2.75, 3.05) is 13.1 Å². The van der Waals surface area contributed by atoms with Crippen molar-refractivity contribution in [3.63, 3.8) is 0 Å². The zero-order chi connectivity index (χ0) is 16.5. The molecule has 0 saturated heterocycles. The molecule has 1 N–H and O–H groups in total. The Labute approximate surface area is 147 Å². The highest BCUT2D eigenvalue weighted by Gasteiger charge is 2.40. The molecular formula is C20H24N2OS. The van der Waals surface area contributed by atoms with E-state index < -0.39 is 0 Å². The second-order valence-electron chi connectivity index (χ2n) is 7.00. The number of amides is 1. The van der Waals surface area contributed by atoms with Gasteiger partial charge in [-0.05, 0) is 54.7 Å². The zero-order valence-corrected chi connectivity index (χ0v) is 14.9. The molecule has 2 aliphatic rings. The van der Waals surface area contributed by atoms with E-state index >= 15 is 0 Å². The van der Waals surface area contributed by atoms with E-state index in [1.54, 1.807) is 0 Å². The van der Waals surface area contributed by atoms with Crippen LogP contribution in [0, 0.1) is 5.92 Å². The Hall–Kier alpha value is -1.65. The van der Waals surface area contributed by atoms with E-state index in [1.807, 2.05) is 29.5 Å².